The number of anilines is 1. The SMILES string of the molecule is CNC(=O)c1ccc(NC(=O)COc2ccc(Br)cc2C)cc1. The molecule has 0 unspecified atom stereocenters. The van der Waals surface area contributed by atoms with E-state index in [1.807, 2.05) is 25.1 Å². The predicted octanol–water partition coefficient (Wildman–Crippen LogP) is 3.13. The number of ether oxygens (including phenoxy) is 1. The van der Waals surface area contributed by atoms with E-state index in [0.29, 0.717) is 17.0 Å². The van der Waals surface area contributed by atoms with Crippen LogP contribution < -0.4 is 15.4 Å². The second-order valence-electron chi connectivity index (χ2n) is 4.90. The van der Waals surface area contributed by atoms with E-state index in [1.54, 1.807) is 31.3 Å². The lowest BCUT2D eigenvalue weighted by atomic mass is 10.2. The molecule has 120 valence electrons. The number of carbonyl (C=O) groups is 2. The van der Waals surface area contributed by atoms with Gasteiger partial charge in [0.15, 0.2) is 6.61 Å². The van der Waals surface area contributed by atoms with Crippen LogP contribution in [-0.2, 0) is 4.79 Å². The zero-order valence-electron chi connectivity index (χ0n) is 12.9. The average Bonchev–Trinajstić information content (AvgIpc) is 2.54. The molecule has 2 amide bonds. The quantitative estimate of drug-likeness (QED) is 0.842. The van der Waals surface area contributed by atoms with Crippen LogP contribution in [0.4, 0.5) is 5.69 Å². The maximum atomic E-state index is 11.9. The summed E-state index contributed by atoms with van der Waals surface area (Å²) in [5.74, 6) is 0.232. The monoisotopic (exact) mass is 376 g/mol. The van der Waals surface area contributed by atoms with Gasteiger partial charge in [-0.1, -0.05) is 15.9 Å². The Morgan fingerprint density at radius 2 is 1.83 bits per heavy atom. The highest BCUT2D eigenvalue weighted by atomic mass is 79.9. The molecule has 0 heterocycles. The average molecular weight is 377 g/mol. The van der Waals surface area contributed by atoms with Crippen molar-refractivity contribution in [3.8, 4) is 5.75 Å². The summed E-state index contributed by atoms with van der Waals surface area (Å²) in [4.78, 5) is 23.4. The van der Waals surface area contributed by atoms with E-state index in [1.165, 1.54) is 0 Å². The van der Waals surface area contributed by atoms with Gasteiger partial charge in [0, 0.05) is 22.8 Å². The van der Waals surface area contributed by atoms with Crippen molar-refractivity contribution in [3.63, 3.8) is 0 Å². The first-order valence-corrected chi connectivity index (χ1v) is 7.80. The van der Waals surface area contributed by atoms with Crippen molar-refractivity contribution in [1.82, 2.24) is 5.32 Å². The molecule has 0 atom stereocenters. The van der Waals surface area contributed by atoms with Crippen LogP contribution in [0.5, 0.6) is 5.75 Å². The Morgan fingerprint density at radius 1 is 1.13 bits per heavy atom. The lowest BCUT2D eigenvalue weighted by Crippen LogP contribution is -2.21. The maximum Gasteiger partial charge on any atom is 0.262 e. The van der Waals surface area contributed by atoms with Gasteiger partial charge >= 0.3 is 0 Å². The first-order chi connectivity index (χ1) is 11.0. The zero-order chi connectivity index (χ0) is 16.8. The summed E-state index contributed by atoms with van der Waals surface area (Å²) in [6, 6.07) is 12.2. The van der Waals surface area contributed by atoms with Crippen molar-refractivity contribution in [1.29, 1.82) is 0 Å². The predicted molar refractivity (Wildman–Crippen MR) is 92.8 cm³/mol. The molecule has 0 radical (unpaired) electrons. The molecular weight excluding hydrogens is 360 g/mol. The highest BCUT2D eigenvalue weighted by Crippen LogP contribution is 2.22. The van der Waals surface area contributed by atoms with Crippen LogP contribution in [-0.4, -0.2) is 25.5 Å². The minimum Gasteiger partial charge on any atom is -0.483 e. The molecule has 0 aliphatic heterocycles. The second-order valence-corrected chi connectivity index (χ2v) is 5.82. The number of amides is 2. The highest BCUT2D eigenvalue weighted by Gasteiger charge is 2.07. The molecule has 0 spiro atoms. The Balaban J connectivity index is 1.90. The molecule has 2 rings (SSSR count). The van der Waals surface area contributed by atoms with E-state index in [-0.39, 0.29) is 18.4 Å². The number of rotatable bonds is 5. The van der Waals surface area contributed by atoms with Gasteiger partial charge in [-0.2, -0.15) is 0 Å². The first kappa shape index (κ1) is 17.0. The third-order valence-electron chi connectivity index (χ3n) is 3.15. The molecule has 0 saturated heterocycles. The number of hydrogen-bond acceptors (Lipinski definition) is 3. The number of hydrogen-bond donors (Lipinski definition) is 2. The Morgan fingerprint density at radius 3 is 2.43 bits per heavy atom. The van der Waals surface area contributed by atoms with Gasteiger partial charge in [-0.25, -0.2) is 0 Å². The molecule has 0 aliphatic carbocycles. The standard InChI is InChI=1S/C17H17BrN2O3/c1-11-9-13(18)5-8-15(11)23-10-16(21)20-14-6-3-12(4-7-14)17(22)19-2/h3-9H,10H2,1-2H3,(H,19,22)(H,20,21). The van der Waals surface area contributed by atoms with Crippen LogP contribution in [0.15, 0.2) is 46.9 Å². The van der Waals surface area contributed by atoms with E-state index in [0.717, 1.165) is 10.0 Å². The summed E-state index contributed by atoms with van der Waals surface area (Å²) in [7, 11) is 1.57. The number of halogens is 1. The van der Waals surface area contributed by atoms with Gasteiger partial charge in [-0.3, -0.25) is 9.59 Å². The second kappa shape index (κ2) is 7.78. The van der Waals surface area contributed by atoms with Crippen molar-refractivity contribution in [3.05, 3.63) is 58.1 Å². The van der Waals surface area contributed by atoms with Crippen LogP contribution in [0.1, 0.15) is 15.9 Å². The summed E-state index contributed by atoms with van der Waals surface area (Å²) in [5.41, 5.74) is 2.09. The third-order valence-corrected chi connectivity index (χ3v) is 3.65. The van der Waals surface area contributed by atoms with E-state index in [9.17, 15) is 9.59 Å². The van der Waals surface area contributed by atoms with E-state index < -0.39 is 0 Å². The summed E-state index contributed by atoms with van der Waals surface area (Å²) in [5, 5.41) is 5.26. The number of nitrogens with one attached hydrogen (secondary N) is 2. The number of benzene rings is 2. The Labute approximate surface area is 143 Å². The van der Waals surface area contributed by atoms with Crippen LogP contribution in [0.25, 0.3) is 0 Å². The molecule has 0 aliphatic rings. The summed E-state index contributed by atoms with van der Waals surface area (Å²) in [6.45, 7) is 1.83. The van der Waals surface area contributed by atoms with Gasteiger partial charge < -0.3 is 15.4 Å². The molecule has 0 bridgehead atoms. The van der Waals surface area contributed by atoms with Gasteiger partial charge in [0.05, 0.1) is 0 Å². The summed E-state index contributed by atoms with van der Waals surface area (Å²) in [6.07, 6.45) is 0. The summed E-state index contributed by atoms with van der Waals surface area (Å²) < 4.78 is 6.47. The van der Waals surface area contributed by atoms with Crippen molar-refractivity contribution in [2.24, 2.45) is 0 Å². The number of aryl methyl sites for hydroxylation is 1. The Hall–Kier alpha value is -2.34. The van der Waals surface area contributed by atoms with Gasteiger partial charge in [0.1, 0.15) is 5.75 Å². The van der Waals surface area contributed by atoms with Crippen molar-refractivity contribution < 1.29 is 14.3 Å². The lowest BCUT2D eigenvalue weighted by Gasteiger charge is -2.10. The molecule has 0 aromatic heterocycles. The minimum atomic E-state index is -0.264. The molecule has 23 heavy (non-hydrogen) atoms. The molecule has 2 aromatic rings. The topological polar surface area (TPSA) is 67.4 Å². The minimum absolute atomic E-state index is 0.0837. The normalized spacial score (nSPS) is 10.0. The van der Waals surface area contributed by atoms with Crippen LogP contribution >= 0.6 is 15.9 Å². The maximum absolute atomic E-state index is 11.9. The molecule has 2 aromatic carbocycles. The van der Waals surface area contributed by atoms with E-state index in [4.69, 9.17) is 4.74 Å². The van der Waals surface area contributed by atoms with E-state index >= 15 is 0 Å². The van der Waals surface area contributed by atoms with Crippen LogP contribution in [0.3, 0.4) is 0 Å². The van der Waals surface area contributed by atoms with Gasteiger partial charge in [0.25, 0.3) is 11.8 Å². The molecule has 0 saturated carbocycles. The van der Waals surface area contributed by atoms with Gasteiger partial charge in [-0.05, 0) is 55.0 Å². The Kier molecular flexibility index (Phi) is 5.76. The smallest absolute Gasteiger partial charge is 0.262 e. The molecule has 2 N–H and O–H groups in total. The lowest BCUT2D eigenvalue weighted by molar-refractivity contribution is -0.118. The first-order valence-electron chi connectivity index (χ1n) is 7.00. The van der Waals surface area contributed by atoms with Gasteiger partial charge in [0.2, 0.25) is 0 Å². The van der Waals surface area contributed by atoms with Crippen molar-refractivity contribution in [2.45, 2.75) is 6.92 Å². The van der Waals surface area contributed by atoms with E-state index in [2.05, 4.69) is 26.6 Å². The highest BCUT2D eigenvalue weighted by molar-refractivity contribution is 9.10. The summed E-state index contributed by atoms with van der Waals surface area (Å²) >= 11 is 3.38. The largest absolute Gasteiger partial charge is 0.483 e. The molecule has 0 fully saturated rings. The fourth-order valence-electron chi connectivity index (χ4n) is 1.96. The zero-order valence-corrected chi connectivity index (χ0v) is 14.4. The van der Waals surface area contributed by atoms with Crippen molar-refractivity contribution in [2.75, 3.05) is 19.0 Å². The fraction of sp³-hybridized carbons (Fsp3) is 0.176. The molecule has 6 heteroatoms. The van der Waals surface area contributed by atoms with Crippen LogP contribution in [0, 0.1) is 6.92 Å². The fourth-order valence-corrected chi connectivity index (χ4v) is 2.44. The molecular formula is C17H17BrN2O3. The molecule has 5 nitrogen and oxygen atoms in total. The van der Waals surface area contributed by atoms with Crippen molar-refractivity contribution >= 4 is 33.4 Å². The van der Waals surface area contributed by atoms with Crippen LogP contribution in [0.2, 0.25) is 0 Å². The third kappa shape index (κ3) is 4.82. The number of carbonyl (C=O) groups excluding carboxylic acids is 2. The Bertz CT molecular complexity index is 714. The van der Waals surface area contributed by atoms with Gasteiger partial charge in [-0.15, -0.1) is 0 Å².